The maximum atomic E-state index is 11.1. The average molecular weight is 302 g/mol. The van der Waals surface area contributed by atoms with Gasteiger partial charge in [0.15, 0.2) is 11.5 Å². The molecule has 1 amide bonds. The number of carbonyl (C=O) groups is 1. The monoisotopic (exact) mass is 302 g/mol. The summed E-state index contributed by atoms with van der Waals surface area (Å²) in [6.07, 6.45) is 0. The molecule has 0 atom stereocenters. The SMILES string of the molecule is COc1cc(C)ccc1Oc1ccc(C(N)=O)cc1[N+](=O)[O-]. The summed E-state index contributed by atoms with van der Waals surface area (Å²) in [6.45, 7) is 1.89. The molecule has 0 saturated carbocycles. The van der Waals surface area contributed by atoms with Crippen LogP contribution in [-0.4, -0.2) is 17.9 Å². The van der Waals surface area contributed by atoms with Crippen LogP contribution in [0.25, 0.3) is 0 Å². The molecule has 2 aromatic rings. The van der Waals surface area contributed by atoms with E-state index >= 15 is 0 Å². The third kappa shape index (κ3) is 3.14. The number of aryl methyl sites for hydroxylation is 1. The Balaban J connectivity index is 2.45. The molecule has 0 radical (unpaired) electrons. The number of nitrogens with zero attached hydrogens (tertiary/aromatic N) is 1. The minimum absolute atomic E-state index is 0.00264. The van der Waals surface area contributed by atoms with Crippen molar-refractivity contribution in [1.82, 2.24) is 0 Å². The van der Waals surface area contributed by atoms with Gasteiger partial charge in [-0.1, -0.05) is 6.07 Å². The molecule has 2 aromatic carbocycles. The van der Waals surface area contributed by atoms with Crippen LogP contribution in [0.5, 0.6) is 17.2 Å². The van der Waals surface area contributed by atoms with E-state index in [-0.39, 0.29) is 17.0 Å². The number of primary amides is 1. The van der Waals surface area contributed by atoms with E-state index in [2.05, 4.69) is 0 Å². The fourth-order valence-electron chi connectivity index (χ4n) is 1.88. The number of nitrogens with two attached hydrogens (primary N) is 1. The summed E-state index contributed by atoms with van der Waals surface area (Å²) < 4.78 is 10.8. The van der Waals surface area contributed by atoms with Crippen molar-refractivity contribution >= 4 is 11.6 Å². The Morgan fingerprint density at radius 2 is 1.82 bits per heavy atom. The second-order valence-corrected chi connectivity index (χ2v) is 4.56. The molecule has 22 heavy (non-hydrogen) atoms. The molecule has 0 aliphatic heterocycles. The van der Waals surface area contributed by atoms with Crippen molar-refractivity contribution in [1.29, 1.82) is 0 Å². The molecule has 0 heterocycles. The van der Waals surface area contributed by atoms with Crippen LogP contribution >= 0.6 is 0 Å². The van der Waals surface area contributed by atoms with Gasteiger partial charge in [-0.25, -0.2) is 0 Å². The molecule has 2 N–H and O–H groups in total. The Kier molecular flexibility index (Phi) is 4.26. The predicted molar refractivity (Wildman–Crippen MR) is 79.4 cm³/mol. The highest BCUT2D eigenvalue weighted by molar-refractivity contribution is 5.93. The smallest absolute Gasteiger partial charge is 0.312 e. The van der Waals surface area contributed by atoms with E-state index in [9.17, 15) is 14.9 Å². The molecule has 0 aliphatic carbocycles. The third-order valence-electron chi connectivity index (χ3n) is 2.98. The first-order valence-corrected chi connectivity index (χ1v) is 6.33. The van der Waals surface area contributed by atoms with Crippen LogP contribution in [-0.2, 0) is 0 Å². The highest BCUT2D eigenvalue weighted by Gasteiger charge is 2.19. The largest absolute Gasteiger partial charge is 0.493 e. The van der Waals surface area contributed by atoms with Gasteiger partial charge in [-0.15, -0.1) is 0 Å². The van der Waals surface area contributed by atoms with Gasteiger partial charge in [0.2, 0.25) is 11.7 Å². The van der Waals surface area contributed by atoms with Crippen LogP contribution in [0.15, 0.2) is 36.4 Å². The van der Waals surface area contributed by atoms with E-state index in [0.717, 1.165) is 11.6 Å². The van der Waals surface area contributed by atoms with Gasteiger partial charge in [0.05, 0.1) is 12.0 Å². The number of hydrogen-bond acceptors (Lipinski definition) is 5. The van der Waals surface area contributed by atoms with E-state index in [1.807, 2.05) is 6.92 Å². The summed E-state index contributed by atoms with van der Waals surface area (Å²) in [7, 11) is 1.48. The van der Waals surface area contributed by atoms with Gasteiger partial charge < -0.3 is 15.2 Å². The summed E-state index contributed by atoms with van der Waals surface area (Å²) in [5.74, 6) is 0.0380. The number of amides is 1. The van der Waals surface area contributed by atoms with E-state index in [4.69, 9.17) is 15.2 Å². The quantitative estimate of drug-likeness (QED) is 0.675. The molecule has 0 unspecified atom stereocenters. The number of nitro benzene ring substituents is 1. The van der Waals surface area contributed by atoms with Gasteiger partial charge >= 0.3 is 5.69 Å². The van der Waals surface area contributed by atoms with Crippen LogP contribution in [0, 0.1) is 17.0 Å². The minimum atomic E-state index is -0.748. The summed E-state index contributed by atoms with van der Waals surface area (Å²) in [5, 5.41) is 11.1. The first-order valence-electron chi connectivity index (χ1n) is 6.33. The number of carbonyl (C=O) groups excluding carboxylic acids is 1. The topological polar surface area (TPSA) is 105 Å². The van der Waals surface area contributed by atoms with Crippen molar-refractivity contribution in [2.75, 3.05) is 7.11 Å². The molecule has 0 aliphatic rings. The maximum absolute atomic E-state index is 11.1. The summed E-state index contributed by atoms with van der Waals surface area (Å²) in [6, 6.07) is 8.97. The van der Waals surface area contributed by atoms with Crippen LogP contribution in [0.4, 0.5) is 5.69 Å². The summed E-state index contributed by atoms with van der Waals surface area (Å²) in [4.78, 5) is 21.6. The predicted octanol–water partition coefficient (Wildman–Crippen LogP) is 2.80. The highest BCUT2D eigenvalue weighted by Crippen LogP contribution is 2.37. The zero-order chi connectivity index (χ0) is 16.3. The van der Waals surface area contributed by atoms with E-state index in [1.54, 1.807) is 18.2 Å². The molecule has 7 nitrogen and oxygen atoms in total. The number of nitro groups is 1. The lowest BCUT2D eigenvalue weighted by atomic mass is 10.1. The third-order valence-corrected chi connectivity index (χ3v) is 2.98. The maximum Gasteiger partial charge on any atom is 0.312 e. The fourth-order valence-corrected chi connectivity index (χ4v) is 1.88. The normalized spacial score (nSPS) is 10.1. The van der Waals surface area contributed by atoms with Crippen molar-refractivity contribution in [3.63, 3.8) is 0 Å². The molecule has 0 fully saturated rings. The Morgan fingerprint density at radius 3 is 2.41 bits per heavy atom. The van der Waals surface area contributed by atoms with Crippen LogP contribution < -0.4 is 15.2 Å². The van der Waals surface area contributed by atoms with Crippen LogP contribution in [0.2, 0.25) is 0 Å². The Labute approximate surface area is 126 Å². The molecule has 2 rings (SSSR count). The molecular weight excluding hydrogens is 288 g/mol. The standard InChI is InChI=1S/C15H14N2O5/c1-9-3-5-13(14(7-9)21-2)22-12-6-4-10(15(16)18)8-11(12)17(19)20/h3-8H,1-2H3,(H2,16,18). The van der Waals surface area contributed by atoms with E-state index in [0.29, 0.717) is 11.5 Å². The molecule has 7 heteroatoms. The van der Waals surface area contributed by atoms with Gasteiger partial charge in [0.25, 0.3) is 0 Å². The summed E-state index contributed by atoms with van der Waals surface area (Å²) in [5.41, 5.74) is 5.78. The van der Waals surface area contributed by atoms with Gasteiger partial charge in [-0.05, 0) is 36.8 Å². The molecule has 0 aromatic heterocycles. The molecular formula is C15H14N2O5. The van der Waals surface area contributed by atoms with Crippen molar-refractivity contribution in [2.24, 2.45) is 5.73 Å². The number of methoxy groups -OCH3 is 1. The Hall–Kier alpha value is -3.09. The molecule has 0 saturated heterocycles. The number of rotatable bonds is 5. The van der Waals surface area contributed by atoms with Crippen LogP contribution in [0.1, 0.15) is 15.9 Å². The second kappa shape index (κ2) is 6.13. The molecule has 0 bridgehead atoms. The molecule has 114 valence electrons. The van der Waals surface area contributed by atoms with E-state index in [1.165, 1.54) is 19.2 Å². The van der Waals surface area contributed by atoms with Crippen molar-refractivity contribution in [3.8, 4) is 17.2 Å². The Morgan fingerprint density at radius 1 is 1.14 bits per heavy atom. The number of benzene rings is 2. The Bertz CT molecular complexity index is 743. The van der Waals surface area contributed by atoms with Crippen molar-refractivity contribution in [2.45, 2.75) is 6.92 Å². The van der Waals surface area contributed by atoms with Crippen LogP contribution in [0.3, 0.4) is 0 Å². The fraction of sp³-hybridized carbons (Fsp3) is 0.133. The second-order valence-electron chi connectivity index (χ2n) is 4.56. The van der Waals surface area contributed by atoms with Gasteiger partial charge in [-0.3, -0.25) is 14.9 Å². The van der Waals surface area contributed by atoms with Gasteiger partial charge in [0.1, 0.15) is 0 Å². The first-order chi connectivity index (χ1) is 10.4. The van der Waals surface area contributed by atoms with Gasteiger partial charge in [0, 0.05) is 11.6 Å². The van der Waals surface area contributed by atoms with Crippen molar-refractivity contribution in [3.05, 3.63) is 57.6 Å². The van der Waals surface area contributed by atoms with Gasteiger partial charge in [-0.2, -0.15) is 0 Å². The van der Waals surface area contributed by atoms with E-state index < -0.39 is 10.8 Å². The first kappa shape index (κ1) is 15.3. The minimum Gasteiger partial charge on any atom is -0.493 e. The van der Waals surface area contributed by atoms with Crippen molar-refractivity contribution < 1.29 is 19.2 Å². The number of hydrogen-bond donors (Lipinski definition) is 1. The zero-order valence-electron chi connectivity index (χ0n) is 12.0. The lowest BCUT2D eigenvalue weighted by molar-refractivity contribution is -0.385. The summed E-state index contributed by atoms with van der Waals surface area (Å²) >= 11 is 0. The zero-order valence-corrected chi connectivity index (χ0v) is 12.0. The number of ether oxygens (including phenoxy) is 2. The lowest BCUT2D eigenvalue weighted by Crippen LogP contribution is -2.11. The molecule has 0 spiro atoms. The average Bonchev–Trinajstić information content (AvgIpc) is 2.48. The highest BCUT2D eigenvalue weighted by atomic mass is 16.6. The lowest BCUT2D eigenvalue weighted by Gasteiger charge is -2.11.